The number of aryl methyl sites for hydroxylation is 2. The average molecular weight is 723 g/mol. The van der Waals surface area contributed by atoms with Crippen LogP contribution in [0, 0.1) is 24.7 Å². The monoisotopic (exact) mass is 723 g/mol. The van der Waals surface area contributed by atoms with Crippen molar-refractivity contribution in [3.63, 3.8) is 0 Å². The molecule has 3 aromatic rings. The zero-order valence-electron chi connectivity index (χ0n) is 33.8. The van der Waals surface area contributed by atoms with Gasteiger partial charge >= 0.3 is 0 Å². The second-order valence-corrected chi connectivity index (χ2v) is 18.1. The first-order valence-corrected chi connectivity index (χ1v) is 22.8. The highest BCUT2D eigenvalue weighted by molar-refractivity contribution is 5.88. The summed E-state index contributed by atoms with van der Waals surface area (Å²) in [5.41, 5.74) is 10.3. The molecule has 288 valence electrons. The number of carbonyl (C=O) groups is 1. The number of hydrogen-bond acceptors (Lipinski definition) is 1. The molecule has 0 spiro atoms. The number of carbonyl (C=O) groups excluding carboxylic acids is 1. The molecular formula is C53H70O. The second-order valence-electron chi connectivity index (χ2n) is 18.1. The molecular weight excluding hydrogens is 653 g/mol. The van der Waals surface area contributed by atoms with E-state index in [9.17, 15) is 4.79 Å². The molecule has 0 aromatic heterocycles. The number of rotatable bonds is 20. The van der Waals surface area contributed by atoms with Gasteiger partial charge in [-0.3, -0.25) is 4.79 Å². The van der Waals surface area contributed by atoms with Gasteiger partial charge in [0.25, 0.3) is 0 Å². The number of ketones is 1. The van der Waals surface area contributed by atoms with Crippen LogP contribution >= 0.6 is 0 Å². The molecule has 54 heavy (non-hydrogen) atoms. The van der Waals surface area contributed by atoms with Crippen LogP contribution in [0.15, 0.2) is 90.5 Å². The SMILES string of the molecule is Cc1cccc(-c2ccc3c(c2)C(C(=O)Cc2cccc(C4C=CC(CCCCCCCCCCCCCCC5CCC6CCCC56)=C4)c2)CCCC3)c1. The van der Waals surface area contributed by atoms with Crippen LogP contribution in [-0.2, 0) is 17.6 Å². The van der Waals surface area contributed by atoms with Crippen LogP contribution in [0.1, 0.15) is 181 Å². The molecule has 0 N–H and O–H groups in total. The van der Waals surface area contributed by atoms with Crippen molar-refractivity contribution in [2.24, 2.45) is 17.8 Å². The molecule has 1 nitrogen and oxygen atoms in total. The van der Waals surface area contributed by atoms with Gasteiger partial charge in [0.05, 0.1) is 0 Å². The van der Waals surface area contributed by atoms with Gasteiger partial charge in [-0.1, -0.05) is 192 Å². The maximum Gasteiger partial charge on any atom is 0.144 e. The second kappa shape index (κ2) is 20.1. The molecule has 7 rings (SSSR count). The number of fused-ring (bicyclic) bond motifs is 2. The summed E-state index contributed by atoms with van der Waals surface area (Å²) < 4.78 is 0. The number of unbranched alkanes of at least 4 members (excludes halogenated alkanes) is 11. The van der Waals surface area contributed by atoms with E-state index in [2.05, 4.69) is 91.9 Å². The molecule has 4 aliphatic rings. The van der Waals surface area contributed by atoms with Crippen LogP contribution in [0.3, 0.4) is 0 Å². The molecule has 0 radical (unpaired) electrons. The first-order valence-electron chi connectivity index (χ1n) is 22.8. The van der Waals surface area contributed by atoms with Crippen molar-refractivity contribution in [1.82, 2.24) is 0 Å². The smallest absolute Gasteiger partial charge is 0.144 e. The van der Waals surface area contributed by atoms with Crippen molar-refractivity contribution < 1.29 is 4.79 Å². The first-order chi connectivity index (χ1) is 26.6. The highest BCUT2D eigenvalue weighted by Gasteiger charge is 2.38. The minimum atomic E-state index is -0.0148. The fourth-order valence-electron chi connectivity index (χ4n) is 11.0. The van der Waals surface area contributed by atoms with E-state index in [1.54, 1.807) is 32.1 Å². The van der Waals surface area contributed by atoms with E-state index in [0.29, 0.717) is 18.1 Å². The van der Waals surface area contributed by atoms with E-state index in [-0.39, 0.29) is 5.92 Å². The predicted molar refractivity (Wildman–Crippen MR) is 230 cm³/mol. The largest absolute Gasteiger partial charge is 0.299 e. The summed E-state index contributed by atoms with van der Waals surface area (Å²) in [6.07, 6.45) is 39.7. The Morgan fingerprint density at radius 1 is 0.667 bits per heavy atom. The Labute approximate surface area is 329 Å². The lowest BCUT2D eigenvalue weighted by atomic mass is 9.84. The molecule has 2 fully saturated rings. The third kappa shape index (κ3) is 10.8. The Kier molecular flexibility index (Phi) is 14.5. The quantitative estimate of drug-likeness (QED) is 0.0838. The van der Waals surface area contributed by atoms with Gasteiger partial charge in [-0.15, -0.1) is 0 Å². The van der Waals surface area contributed by atoms with E-state index >= 15 is 0 Å². The van der Waals surface area contributed by atoms with Crippen LogP contribution in [0.2, 0.25) is 0 Å². The predicted octanol–water partition coefficient (Wildman–Crippen LogP) is 15.2. The highest BCUT2D eigenvalue weighted by atomic mass is 16.1. The summed E-state index contributed by atoms with van der Waals surface area (Å²) >= 11 is 0. The average Bonchev–Trinajstić information content (AvgIpc) is 3.91. The normalized spacial score (nSPS) is 23.3. The Morgan fingerprint density at radius 3 is 2.24 bits per heavy atom. The molecule has 5 atom stereocenters. The molecule has 0 heterocycles. The van der Waals surface area contributed by atoms with Crippen molar-refractivity contribution in [1.29, 1.82) is 0 Å². The molecule has 0 amide bonds. The molecule has 0 aliphatic heterocycles. The summed E-state index contributed by atoms with van der Waals surface area (Å²) in [4.78, 5) is 14.0. The number of Topliss-reactive ketones (excluding diaryl/α,β-unsaturated/α-hetero) is 1. The van der Waals surface area contributed by atoms with Crippen molar-refractivity contribution in [3.8, 4) is 11.1 Å². The Bertz CT molecular complexity index is 1710. The fourth-order valence-corrected chi connectivity index (χ4v) is 11.0. The number of allylic oxidation sites excluding steroid dienone is 4. The molecule has 5 unspecified atom stereocenters. The summed E-state index contributed by atoms with van der Waals surface area (Å²) in [5.74, 6) is 4.04. The molecule has 2 saturated carbocycles. The maximum atomic E-state index is 14.0. The zero-order valence-corrected chi connectivity index (χ0v) is 33.8. The number of benzene rings is 3. The van der Waals surface area contributed by atoms with Crippen LogP contribution in [0.4, 0.5) is 0 Å². The molecule has 0 saturated heterocycles. The lowest BCUT2D eigenvalue weighted by Crippen LogP contribution is -2.16. The van der Waals surface area contributed by atoms with Gasteiger partial charge in [-0.05, 0) is 109 Å². The number of hydrogen-bond donors (Lipinski definition) is 0. The first kappa shape index (κ1) is 39.1. The van der Waals surface area contributed by atoms with Crippen LogP contribution in [0.5, 0.6) is 0 Å². The topological polar surface area (TPSA) is 17.1 Å². The third-order valence-corrected chi connectivity index (χ3v) is 14.1. The van der Waals surface area contributed by atoms with Gasteiger partial charge in [-0.25, -0.2) is 0 Å². The van der Waals surface area contributed by atoms with Gasteiger partial charge in [0.1, 0.15) is 5.78 Å². The molecule has 4 aliphatic carbocycles. The highest BCUT2D eigenvalue weighted by Crippen LogP contribution is 2.49. The Morgan fingerprint density at radius 2 is 1.43 bits per heavy atom. The van der Waals surface area contributed by atoms with Gasteiger partial charge in [-0.2, -0.15) is 0 Å². The van der Waals surface area contributed by atoms with Crippen LogP contribution < -0.4 is 0 Å². The lowest BCUT2D eigenvalue weighted by Gasteiger charge is -2.19. The summed E-state index contributed by atoms with van der Waals surface area (Å²) in [6, 6.07) is 24.5. The van der Waals surface area contributed by atoms with Crippen LogP contribution in [0.25, 0.3) is 11.1 Å². The molecule has 0 bridgehead atoms. The molecule has 1 heteroatoms. The Hall–Kier alpha value is -3.19. The van der Waals surface area contributed by atoms with E-state index in [1.165, 1.54) is 135 Å². The van der Waals surface area contributed by atoms with Crippen molar-refractivity contribution in [3.05, 3.63) is 118 Å². The van der Waals surface area contributed by atoms with E-state index < -0.39 is 0 Å². The van der Waals surface area contributed by atoms with Crippen molar-refractivity contribution in [2.45, 2.75) is 173 Å². The van der Waals surface area contributed by atoms with Gasteiger partial charge in [0.15, 0.2) is 0 Å². The lowest BCUT2D eigenvalue weighted by molar-refractivity contribution is -0.120. The molecule has 3 aromatic carbocycles. The van der Waals surface area contributed by atoms with Gasteiger partial charge in [0, 0.05) is 18.3 Å². The van der Waals surface area contributed by atoms with E-state index in [4.69, 9.17) is 0 Å². The summed E-state index contributed by atoms with van der Waals surface area (Å²) in [5, 5.41) is 0. The van der Waals surface area contributed by atoms with E-state index in [0.717, 1.165) is 42.6 Å². The van der Waals surface area contributed by atoms with Crippen molar-refractivity contribution >= 4 is 5.78 Å². The minimum Gasteiger partial charge on any atom is -0.299 e. The zero-order chi connectivity index (χ0) is 37.0. The third-order valence-electron chi connectivity index (χ3n) is 14.1. The summed E-state index contributed by atoms with van der Waals surface area (Å²) in [6.45, 7) is 2.15. The van der Waals surface area contributed by atoms with Gasteiger partial charge in [0.2, 0.25) is 0 Å². The maximum absolute atomic E-state index is 14.0. The fraction of sp³-hybridized carbons (Fsp3) is 0.566. The minimum absolute atomic E-state index is 0.0148. The van der Waals surface area contributed by atoms with Gasteiger partial charge < -0.3 is 0 Å². The Balaban J connectivity index is 0.776. The van der Waals surface area contributed by atoms with Crippen LogP contribution in [-0.4, -0.2) is 5.78 Å². The van der Waals surface area contributed by atoms with E-state index in [1.807, 2.05) is 0 Å². The van der Waals surface area contributed by atoms with Crippen molar-refractivity contribution in [2.75, 3.05) is 0 Å². The standard InChI is InChI=1S/C53H70O/c1-40-19-16-25-46(35-40)49-34-33-45-23-14-15-27-51(52(45)39-49)53(54)38-42-21-17-26-47(37-42)48-30-29-41(36-48)20-12-10-8-6-4-2-3-5-7-9-11-13-22-43-31-32-44-24-18-28-50(43)44/h16-17,19,21,25-26,29-30,33-37,39,43-44,48,50-51H,2-15,18,20,22-24,27-28,31-32,38H2,1H3. The summed E-state index contributed by atoms with van der Waals surface area (Å²) in [7, 11) is 0.